The molecule has 4 heteroatoms. The minimum atomic E-state index is -0.813. The Labute approximate surface area is 124 Å². The zero-order valence-corrected chi connectivity index (χ0v) is 12.3. The number of hydrogen-bond donors (Lipinski definition) is 1. The highest BCUT2D eigenvalue weighted by atomic mass is 16.5. The molecule has 2 rings (SSSR count). The van der Waals surface area contributed by atoms with E-state index in [4.69, 9.17) is 9.84 Å². The third-order valence-electron chi connectivity index (χ3n) is 4.09. The number of carboxylic acid groups (broad SMARTS) is 1. The summed E-state index contributed by atoms with van der Waals surface area (Å²) in [6.07, 6.45) is 3.68. The van der Waals surface area contributed by atoms with Crippen LogP contribution in [0.15, 0.2) is 42.5 Å². The maximum Gasteiger partial charge on any atom is 0.330 e. The molecular formula is C17H20O4. The van der Waals surface area contributed by atoms with Crippen molar-refractivity contribution in [2.45, 2.75) is 20.3 Å². The minimum absolute atomic E-state index is 0.100. The van der Waals surface area contributed by atoms with Gasteiger partial charge in [-0.15, -0.1) is 0 Å². The number of benzene rings is 1. The van der Waals surface area contributed by atoms with E-state index in [0.717, 1.165) is 5.56 Å². The molecule has 2 unspecified atom stereocenters. The Morgan fingerprint density at radius 3 is 2.52 bits per heavy atom. The van der Waals surface area contributed by atoms with Crippen molar-refractivity contribution in [1.29, 1.82) is 0 Å². The van der Waals surface area contributed by atoms with Crippen LogP contribution in [0.3, 0.4) is 0 Å². The second-order valence-electron chi connectivity index (χ2n) is 5.93. The number of carboxylic acids is 1. The summed E-state index contributed by atoms with van der Waals surface area (Å²) in [5.74, 6) is -1.74. The van der Waals surface area contributed by atoms with Crippen molar-refractivity contribution in [3.05, 3.63) is 48.0 Å². The summed E-state index contributed by atoms with van der Waals surface area (Å²) < 4.78 is 5.11. The van der Waals surface area contributed by atoms with Crippen molar-refractivity contribution >= 4 is 11.9 Å². The Hall–Kier alpha value is -2.10. The molecule has 2 atom stereocenters. The zero-order chi connectivity index (χ0) is 15.5. The smallest absolute Gasteiger partial charge is 0.330 e. The fourth-order valence-electron chi connectivity index (χ4n) is 2.65. The van der Waals surface area contributed by atoms with Gasteiger partial charge >= 0.3 is 11.9 Å². The Kier molecular flexibility index (Phi) is 4.46. The molecule has 0 bridgehead atoms. The van der Waals surface area contributed by atoms with E-state index in [9.17, 15) is 9.59 Å². The van der Waals surface area contributed by atoms with Crippen LogP contribution in [0.1, 0.15) is 19.4 Å². The van der Waals surface area contributed by atoms with E-state index in [1.807, 2.05) is 44.2 Å². The van der Waals surface area contributed by atoms with E-state index in [2.05, 4.69) is 0 Å². The highest BCUT2D eigenvalue weighted by molar-refractivity contribution is 5.83. The second-order valence-corrected chi connectivity index (χ2v) is 5.93. The molecule has 4 nitrogen and oxygen atoms in total. The fraction of sp³-hybridized carbons (Fsp3) is 0.412. The van der Waals surface area contributed by atoms with Gasteiger partial charge in [-0.1, -0.05) is 50.3 Å². The molecule has 0 amide bonds. The number of ether oxygens (including phenoxy) is 1. The summed E-state index contributed by atoms with van der Waals surface area (Å²) in [6.45, 7) is 4.10. The summed E-state index contributed by atoms with van der Waals surface area (Å²) in [4.78, 5) is 22.6. The molecule has 21 heavy (non-hydrogen) atoms. The van der Waals surface area contributed by atoms with Gasteiger partial charge in [0.25, 0.3) is 0 Å². The van der Waals surface area contributed by atoms with Crippen LogP contribution in [-0.4, -0.2) is 23.7 Å². The first-order valence-corrected chi connectivity index (χ1v) is 7.04. The van der Waals surface area contributed by atoms with E-state index < -0.39 is 17.9 Å². The lowest BCUT2D eigenvalue weighted by Crippen LogP contribution is -2.05. The van der Waals surface area contributed by atoms with E-state index in [1.54, 1.807) is 6.08 Å². The SMILES string of the molecule is CC1(C)C(C=CC(=O)OCCc2ccccc2)C1C(=O)O. The molecule has 1 aromatic carbocycles. The monoisotopic (exact) mass is 288 g/mol. The number of aliphatic carboxylic acids is 1. The summed E-state index contributed by atoms with van der Waals surface area (Å²) >= 11 is 0. The molecule has 0 radical (unpaired) electrons. The molecule has 1 N–H and O–H groups in total. The molecule has 1 fully saturated rings. The molecule has 1 aliphatic rings. The first-order valence-electron chi connectivity index (χ1n) is 7.04. The summed E-state index contributed by atoms with van der Waals surface area (Å²) in [5, 5.41) is 9.04. The van der Waals surface area contributed by atoms with E-state index >= 15 is 0 Å². The Morgan fingerprint density at radius 1 is 1.29 bits per heavy atom. The average molecular weight is 288 g/mol. The minimum Gasteiger partial charge on any atom is -0.481 e. The highest BCUT2D eigenvalue weighted by Gasteiger charge is 2.60. The van der Waals surface area contributed by atoms with Gasteiger partial charge in [0, 0.05) is 12.5 Å². The normalized spacial score (nSPS) is 23.0. The van der Waals surface area contributed by atoms with Gasteiger partial charge in [0.1, 0.15) is 0 Å². The Bertz CT molecular complexity index is 545. The molecular weight excluding hydrogens is 268 g/mol. The number of carbonyl (C=O) groups is 2. The first kappa shape index (κ1) is 15.3. The summed E-state index contributed by atoms with van der Waals surface area (Å²) in [5.41, 5.74) is 0.829. The van der Waals surface area contributed by atoms with Gasteiger partial charge in [0.15, 0.2) is 0 Å². The molecule has 1 aromatic rings. The lowest BCUT2D eigenvalue weighted by molar-refractivity contribution is -0.140. The van der Waals surface area contributed by atoms with Gasteiger partial charge in [-0.25, -0.2) is 4.79 Å². The lowest BCUT2D eigenvalue weighted by atomic mass is 10.1. The van der Waals surface area contributed by atoms with Gasteiger partial charge in [0.05, 0.1) is 12.5 Å². The average Bonchev–Trinajstić information content (AvgIpc) is 2.99. The van der Waals surface area contributed by atoms with Crippen molar-refractivity contribution in [2.75, 3.05) is 6.61 Å². The maximum absolute atomic E-state index is 11.6. The standard InChI is InChI=1S/C17H20O4/c1-17(2)13(15(17)16(19)20)8-9-14(18)21-11-10-12-6-4-3-5-7-12/h3-9,13,15H,10-11H2,1-2H3,(H,19,20). The van der Waals surface area contributed by atoms with Crippen LogP contribution >= 0.6 is 0 Å². The number of hydrogen-bond acceptors (Lipinski definition) is 3. The number of rotatable bonds is 6. The van der Waals surface area contributed by atoms with E-state index in [-0.39, 0.29) is 11.3 Å². The van der Waals surface area contributed by atoms with Gasteiger partial charge < -0.3 is 9.84 Å². The predicted molar refractivity (Wildman–Crippen MR) is 78.6 cm³/mol. The van der Waals surface area contributed by atoms with Crippen molar-refractivity contribution < 1.29 is 19.4 Å². The number of esters is 1. The van der Waals surface area contributed by atoms with Crippen molar-refractivity contribution in [2.24, 2.45) is 17.3 Å². The van der Waals surface area contributed by atoms with Gasteiger partial charge in [-0.05, 0) is 16.9 Å². The largest absolute Gasteiger partial charge is 0.481 e. The van der Waals surface area contributed by atoms with Gasteiger partial charge in [-0.3, -0.25) is 4.79 Å². The summed E-state index contributed by atoms with van der Waals surface area (Å²) in [7, 11) is 0. The Balaban J connectivity index is 1.75. The van der Waals surface area contributed by atoms with Crippen molar-refractivity contribution in [1.82, 2.24) is 0 Å². The molecule has 0 saturated heterocycles. The van der Waals surface area contributed by atoms with Crippen LogP contribution in [0.25, 0.3) is 0 Å². The van der Waals surface area contributed by atoms with Gasteiger partial charge in [-0.2, -0.15) is 0 Å². The molecule has 0 spiro atoms. The highest BCUT2D eigenvalue weighted by Crippen LogP contribution is 2.58. The van der Waals surface area contributed by atoms with Crippen LogP contribution in [0.4, 0.5) is 0 Å². The maximum atomic E-state index is 11.6. The fourth-order valence-corrected chi connectivity index (χ4v) is 2.65. The van der Waals surface area contributed by atoms with Crippen molar-refractivity contribution in [3.63, 3.8) is 0 Å². The third kappa shape index (κ3) is 3.72. The van der Waals surface area contributed by atoms with Crippen LogP contribution in [0.5, 0.6) is 0 Å². The molecule has 1 aliphatic carbocycles. The quantitative estimate of drug-likeness (QED) is 0.645. The number of allylic oxidation sites excluding steroid dienone is 1. The van der Waals surface area contributed by atoms with Crippen LogP contribution < -0.4 is 0 Å². The van der Waals surface area contributed by atoms with E-state index in [0.29, 0.717) is 13.0 Å². The van der Waals surface area contributed by atoms with Crippen LogP contribution in [-0.2, 0) is 20.7 Å². The third-order valence-corrected chi connectivity index (χ3v) is 4.09. The van der Waals surface area contributed by atoms with Gasteiger partial charge in [0.2, 0.25) is 0 Å². The summed E-state index contributed by atoms with van der Waals surface area (Å²) in [6, 6.07) is 9.78. The molecule has 0 heterocycles. The predicted octanol–water partition coefficient (Wildman–Crippen LogP) is 2.69. The molecule has 0 aromatic heterocycles. The lowest BCUT2D eigenvalue weighted by Gasteiger charge is -2.02. The molecule has 0 aliphatic heterocycles. The first-order chi connectivity index (χ1) is 9.93. The topological polar surface area (TPSA) is 63.6 Å². The zero-order valence-electron chi connectivity index (χ0n) is 12.3. The molecule has 1 saturated carbocycles. The van der Waals surface area contributed by atoms with Crippen molar-refractivity contribution in [3.8, 4) is 0 Å². The molecule has 112 valence electrons. The Morgan fingerprint density at radius 2 is 1.95 bits per heavy atom. The van der Waals surface area contributed by atoms with Crippen LogP contribution in [0.2, 0.25) is 0 Å². The van der Waals surface area contributed by atoms with Crippen LogP contribution in [0, 0.1) is 17.3 Å². The number of carbonyl (C=O) groups excluding carboxylic acids is 1. The second kappa shape index (κ2) is 6.12. The van der Waals surface area contributed by atoms with E-state index in [1.165, 1.54) is 6.08 Å².